The zero-order chi connectivity index (χ0) is 31.2. The molecule has 0 fully saturated rings. The first-order valence-corrected chi connectivity index (χ1v) is 13.7. The van der Waals surface area contributed by atoms with Gasteiger partial charge in [0.05, 0.1) is 23.9 Å². The van der Waals surface area contributed by atoms with Crippen molar-refractivity contribution in [1.29, 1.82) is 0 Å². The van der Waals surface area contributed by atoms with E-state index in [0.717, 1.165) is 18.3 Å². The summed E-state index contributed by atoms with van der Waals surface area (Å²) in [4.78, 5) is 15.9. The lowest BCUT2D eigenvalue weighted by Crippen LogP contribution is -2.54. The molecule has 0 aliphatic carbocycles. The molecule has 228 valence electrons. The summed E-state index contributed by atoms with van der Waals surface area (Å²) in [6.07, 6.45) is -14.4. The molecule has 17 heteroatoms. The smallest absolute Gasteiger partial charge is 0.387 e. The summed E-state index contributed by atoms with van der Waals surface area (Å²) >= 11 is 5.72. The zero-order valence-corrected chi connectivity index (χ0v) is 23.0. The van der Waals surface area contributed by atoms with Crippen molar-refractivity contribution >= 4 is 33.2 Å². The van der Waals surface area contributed by atoms with Gasteiger partial charge in [-0.05, 0) is 50.5 Å². The molecule has 3 N–H and O–H groups in total. The van der Waals surface area contributed by atoms with Crippen LogP contribution >= 0.6 is 11.6 Å². The maximum absolute atomic E-state index is 14.1. The Labute approximate surface area is 235 Å². The van der Waals surface area contributed by atoms with E-state index in [1.54, 1.807) is 0 Å². The Bertz CT molecular complexity index is 1370. The quantitative estimate of drug-likeness (QED) is 0.296. The largest absolute Gasteiger partial charge is 0.430 e. The van der Waals surface area contributed by atoms with Crippen molar-refractivity contribution in [2.24, 2.45) is 0 Å². The predicted molar refractivity (Wildman–Crippen MR) is 132 cm³/mol. The summed E-state index contributed by atoms with van der Waals surface area (Å²) in [6, 6.07) is 2.40. The zero-order valence-electron chi connectivity index (χ0n) is 21.4. The van der Waals surface area contributed by atoms with Gasteiger partial charge in [0.25, 0.3) is 15.6 Å². The average Bonchev–Trinajstić information content (AvgIpc) is 2.84. The maximum Gasteiger partial charge on any atom is 0.430 e. The van der Waals surface area contributed by atoms with Crippen molar-refractivity contribution < 1.29 is 54.2 Å². The van der Waals surface area contributed by atoms with Crippen molar-refractivity contribution in [2.45, 2.75) is 73.8 Å². The minimum atomic E-state index is -6.16. The molecule has 0 saturated carbocycles. The van der Waals surface area contributed by atoms with Gasteiger partial charge in [-0.2, -0.15) is 26.3 Å². The minimum absolute atomic E-state index is 0.0743. The van der Waals surface area contributed by atoms with Gasteiger partial charge in [0.1, 0.15) is 16.2 Å². The van der Waals surface area contributed by atoms with Crippen LogP contribution in [0, 0.1) is 0 Å². The van der Waals surface area contributed by atoms with Gasteiger partial charge in [-0.3, -0.25) is 9.10 Å². The van der Waals surface area contributed by atoms with Crippen LogP contribution in [0.25, 0.3) is 0 Å². The van der Waals surface area contributed by atoms with Crippen LogP contribution in [0.15, 0.2) is 41.4 Å². The van der Waals surface area contributed by atoms with E-state index in [1.165, 1.54) is 13.8 Å². The summed E-state index contributed by atoms with van der Waals surface area (Å²) in [6.45, 7) is 1.73. The lowest BCUT2D eigenvalue weighted by molar-refractivity contribution is -0.376. The van der Waals surface area contributed by atoms with E-state index in [9.17, 15) is 54.2 Å². The summed E-state index contributed by atoms with van der Waals surface area (Å²) < 4.78 is 123. The number of hydrogen-bond donors (Lipinski definition) is 3. The molecule has 41 heavy (non-hydrogen) atoms. The van der Waals surface area contributed by atoms with Crippen LogP contribution in [-0.2, 0) is 26.8 Å². The number of anilines is 1. The molecule has 8 nitrogen and oxygen atoms in total. The highest BCUT2D eigenvalue weighted by atomic mass is 35.5. The third-order valence-corrected chi connectivity index (χ3v) is 8.63. The van der Waals surface area contributed by atoms with Crippen LogP contribution in [0.5, 0.6) is 0 Å². The molecule has 2 aromatic rings. The first-order chi connectivity index (χ1) is 18.6. The monoisotopic (exact) mass is 635 g/mol. The molecular weight excluding hydrogens is 611 g/mol. The lowest BCUT2D eigenvalue weighted by Gasteiger charge is -2.39. The molecule has 2 atom stereocenters. The average molecular weight is 636 g/mol. The molecule has 1 aliphatic heterocycles. The molecule has 3 rings (SSSR count). The molecule has 1 aromatic carbocycles. The fraction of sp³-hybridized carbons (Fsp3) is 0.500. The van der Waals surface area contributed by atoms with Crippen molar-refractivity contribution in [3.05, 3.63) is 52.8 Å². The van der Waals surface area contributed by atoms with E-state index >= 15 is 0 Å². The highest BCUT2D eigenvalue weighted by Gasteiger charge is 2.71. The van der Waals surface area contributed by atoms with E-state index in [-0.39, 0.29) is 29.2 Å². The lowest BCUT2D eigenvalue weighted by atomic mass is 9.87. The number of aromatic nitrogens is 1. The number of carbonyl (C=O) groups is 1. The van der Waals surface area contributed by atoms with Gasteiger partial charge in [0.15, 0.2) is 0 Å². The van der Waals surface area contributed by atoms with Crippen molar-refractivity contribution in [2.75, 3.05) is 10.8 Å². The Morgan fingerprint density at radius 1 is 1.12 bits per heavy atom. The summed E-state index contributed by atoms with van der Waals surface area (Å²) in [5, 5.41) is 21.7. The SMILES string of the molecule is CC(C)(O)[C@H](F)CNC(=O)CC1CCc2cc(C(O)(C(F)(F)F)C(F)(F)F)ccc2N1S(=O)(=O)c1ccc(Cl)nc1. The summed E-state index contributed by atoms with van der Waals surface area (Å²) in [5.41, 5.74) is -9.21. The normalized spacial score (nSPS) is 17.7. The van der Waals surface area contributed by atoms with Crippen LogP contribution in [-0.4, -0.2) is 66.2 Å². The molecule has 1 unspecified atom stereocenters. The van der Waals surface area contributed by atoms with Crippen LogP contribution in [0.3, 0.4) is 0 Å². The number of fused-ring (bicyclic) bond motifs is 1. The highest BCUT2D eigenvalue weighted by Crippen LogP contribution is 2.51. The standard InChI is InChI=1S/C24H25ClF7N3O5S/c1-21(2,37)18(26)12-34-20(36)10-15-5-3-13-9-14(22(38,23(27,28)29)24(30,31)32)4-7-17(13)35(15)41(39,40)16-6-8-19(25)33-11-16/h4,6-9,11,15,18,37-38H,3,5,10,12H2,1-2H3,(H,34,36)/t15?,18-/m1/s1. The molecule has 1 aliphatic rings. The van der Waals surface area contributed by atoms with Gasteiger partial charge >= 0.3 is 12.4 Å². The van der Waals surface area contributed by atoms with Gasteiger partial charge in [0.2, 0.25) is 5.91 Å². The molecule has 0 spiro atoms. The number of nitrogens with one attached hydrogen (secondary N) is 1. The minimum Gasteiger partial charge on any atom is -0.387 e. The predicted octanol–water partition coefficient (Wildman–Crippen LogP) is 4.17. The van der Waals surface area contributed by atoms with Crippen molar-refractivity contribution in [3.63, 3.8) is 0 Å². The number of hydrogen-bond acceptors (Lipinski definition) is 6. The third-order valence-electron chi connectivity index (χ3n) is 6.56. The number of sulfonamides is 1. The van der Waals surface area contributed by atoms with E-state index in [0.29, 0.717) is 22.5 Å². The van der Waals surface area contributed by atoms with E-state index in [1.807, 2.05) is 0 Å². The topological polar surface area (TPSA) is 120 Å². The van der Waals surface area contributed by atoms with E-state index < -0.39 is 75.1 Å². The number of pyridine rings is 1. The number of nitrogens with zero attached hydrogens (tertiary/aromatic N) is 2. The number of aryl methyl sites for hydroxylation is 1. The first kappa shape index (κ1) is 32.8. The van der Waals surface area contributed by atoms with Crippen LogP contribution in [0.4, 0.5) is 36.4 Å². The number of benzene rings is 1. The number of halogens is 8. The van der Waals surface area contributed by atoms with Crippen molar-refractivity contribution in [3.8, 4) is 0 Å². The van der Waals surface area contributed by atoms with Gasteiger partial charge in [-0.1, -0.05) is 23.7 Å². The molecule has 2 heterocycles. The van der Waals surface area contributed by atoms with Gasteiger partial charge in [-0.15, -0.1) is 0 Å². The Hall–Kier alpha value is -2.69. The second-order valence-corrected chi connectivity index (χ2v) is 12.2. The fourth-order valence-corrected chi connectivity index (χ4v) is 6.00. The molecule has 1 aromatic heterocycles. The number of carbonyl (C=O) groups excluding carboxylic acids is 1. The highest BCUT2D eigenvalue weighted by molar-refractivity contribution is 7.92. The number of amides is 1. The summed E-state index contributed by atoms with van der Waals surface area (Å²) in [7, 11) is -4.64. The molecule has 0 radical (unpaired) electrons. The Balaban J connectivity index is 2.07. The van der Waals surface area contributed by atoms with Gasteiger partial charge < -0.3 is 15.5 Å². The Kier molecular flexibility index (Phi) is 8.96. The van der Waals surface area contributed by atoms with Crippen LogP contribution < -0.4 is 9.62 Å². The van der Waals surface area contributed by atoms with Gasteiger partial charge in [-0.25, -0.2) is 17.8 Å². The molecular formula is C24H25ClF7N3O5S. The molecule has 0 saturated heterocycles. The first-order valence-electron chi connectivity index (χ1n) is 11.9. The molecule has 1 amide bonds. The fourth-order valence-electron chi connectivity index (χ4n) is 4.23. The van der Waals surface area contributed by atoms with Crippen LogP contribution in [0.2, 0.25) is 5.15 Å². The second kappa shape index (κ2) is 11.2. The Morgan fingerprint density at radius 2 is 1.73 bits per heavy atom. The van der Waals surface area contributed by atoms with E-state index in [2.05, 4.69) is 10.3 Å². The van der Waals surface area contributed by atoms with Gasteiger partial charge in [0, 0.05) is 18.2 Å². The van der Waals surface area contributed by atoms with E-state index in [4.69, 9.17) is 11.6 Å². The number of alkyl halides is 7. The number of rotatable bonds is 8. The molecule has 0 bridgehead atoms. The summed E-state index contributed by atoms with van der Waals surface area (Å²) in [5.74, 6) is -0.833. The number of aliphatic hydroxyl groups is 2. The third kappa shape index (κ3) is 6.54. The Morgan fingerprint density at radius 3 is 2.24 bits per heavy atom. The van der Waals surface area contributed by atoms with Crippen molar-refractivity contribution in [1.82, 2.24) is 10.3 Å². The van der Waals surface area contributed by atoms with Crippen LogP contribution in [0.1, 0.15) is 37.8 Å². The maximum atomic E-state index is 14.1. The second-order valence-electron chi connectivity index (χ2n) is 9.99.